The Balaban J connectivity index is 2.13. The number of hydrogen-bond acceptors (Lipinski definition) is 2. The summed E-state index contributed by atoms with van der Waals surface area (Å²) in [6.07, 6.45) is 0. The Labute approximate surface area is 120 Å². The summed E-state index contributed by atoms with van der Waals surface area (Å²) in [5, 5.41) is 4.40. The third-order valence-electron chi connectivity index (χ3n) is 3.24. The zero-order valence-corrected chi connectivity index (χ0v) is 12.5. The average molecular weight is 271 g/mol. The van der Waals surface area contributed by atoms with E-state index in [-0.39, 0.29) is 11.9 Å². The van der Waals surface area contributed by atoms with Gasteiger partial charge in [0.05, 0.1) is 0 Å². The summed E-state index contributed by atoms with van der Waals surface area (Å²) in [6, 6.07) is 12.1. The Kier molecular flexibility index (Phi) is 4.23. The Morgan fingerprint density at radius 2 is 1.95 bits per heavy atom. The third kappa shape index (κ3) is 3.07. The van der Waals surface area contributed by atoms with Gasteiger partial charge in [-0.2, -0.15) is 5.10 Å². The molecule has 1 amide bonds. The van der Waals surface area contributed by atoms with E-state index in [4.69, 9.17) is 0 Å². The monoisotopic (exact) mass is 271 g/mol. The fourth-order valence-electron chi connectivity index (χ4n) is 2.24. The van der Waals surface area contributed by atoms with E-state index in [0.29, 0.717) is 12.2 Å². The van der Waals surface area contributed by atoms with Crippen molar-refractivity contribution in [2.45, 2.75) is 33.4 Å². The number of rotatable bonds is 4. The van der Waals surface area contributed by atoms with Gasteiger partial charge in [0.1, 0.15) is 0 Å². The second kappa shape index (κ2) is 5.90. The molecule has 2 aromatic rings. The van der Waals surface area contributed by atoms with Gasteiger partial charge >= 0.3 is 0 Å². The molecule has 0 aliphatic carbocycles. The van der Waals surface area contributed by atoms with Gasteiger partial charge in [0.25, 0.3) is 5.91 Å². The topological polar surface area (TPSA) is 38.1 Å². The van der Waals surface area contributed by atoms with Crippen LogP contribution < -0.4 is 0 Å². The van der Waals surface area contributed by atoms with Gasteiger partial charge in [0.2, 0.25) is 0 Å². The van der Waals surface area contributed by atoms with Crippen molar-refractivity contribution in [1.29, 1.82) is 0 Å². The largest absolute Gasteiger partial charge is 0.336 e. The maximum absolute atomic E-state index is 12.4. The van der Waals surface area contributed by atoms with Crippen molar-refractivity contribution < 1.29 is 4.79 Å². The molecule has 20 heavy (non-hydrogen) atoms. The minimum Gasteiger partial charge on any atom is -0.336 e. The molecule has 1 heterocycles. The molecule has 0 fully saturated rings. The number of nitrogens with zero attached hydrogens (tertiary/aromatic N) is 3. The molecule has 0 aliphatic heterocycles. The van der Waals surface area contributed by atoms with Crippen molar-refractivity contribution in [2.75, 3.05) is 7.05 Å². The highest BCUT2D eigenvalue weighted by Crippen LogP contribution is 2.13. The summed E-state index contributed by atoms with van der Waals surface area (Å²) in [6.45, 7) is 6.68. The number of hydrogen-bond donors (Lipinski definition) is 0. The van der Waals surface area contributed by atoms with Crippen molar-refractivity contribution in [3.63, 3.8) is 0 Å². The van der Waals surface area contributed by atoms with E-state index in [1.54, 1.807) is 11.9 Å². The van der Waals surface area contributed by atoms with Crippen LogP contribution in [0.5, 0.6) is 0 Å². The average Bonchev–Trinajstić information content (AvgIpc) is 2.81. The predicted molar refractivity (Wildman–Crippen MR) is 79.6 cm³/mol. The standard InChI is InChI=1S/C16H21N3O/c1-12(2)19-13(3)10-15(17-19)16(20)18(4)11-14-8-6-5-7-9-14/h5-10,12H,11H2,1-4H3. The van der Waals surface area contributed by atoms with Crippen LogP contribution in [0.1, 0.15) is 41.6 Å². The molecule has 0 saturated carbocycles. The number of aryl methyl sites for hydroxylation is 1. The Bertz CT molecular complexity index is 587. The lowest BCUT2D eigenvalue weighted by Crippen LogP contribution is -2.26. The Hall–Kier alpha value is -2.10. The van der Waals surface area contributed by atoms with E-state index < -0.39 is 0 Å². The molecule has 2 rings (SSSR count). The van der Waals surface area contributed by atoms with Crippen LogP contribution in [0.4, 0.5) is 0 Å². The highest BCUT2D eigenvalue weighted by molar-refractivity contribution is 5.92. The van der Waals surface area contributed by atoms with Gasteiger partial charge in [-0.25, -0.2) is 0 Å². The molecular weight excluding hydrogens is 250 g/mol. The summed E-state index contributed by atoms with van der Waals surface area (Å²) in [5.74, 6) is -0.0450. The molecule has 106 valence electrons. The second-order valence-electron chi connectivity index (χ2n) is 5.36. The van der Waals surface area contributed by atoms with Crippen molar-refractivity contribution in [3.8, 4) is 0 Å². The molecule has 0 saturated heterocycles. The van der Waals surface area contributed by atoms with Gasteiger partial charge in [-0.3, -0.25) is 9.48 Å². The van der Waals surface area contributed by atoms with Gasteiger partial charge < -0.3 is 4.90 Å². The first-order valence-electron chi connectivity index (χ1n) is 6.84. The van der Waals surface area contributed by atoms with E-state index >= 15 is 0 Å². The van der Waals surface area contributed by atoms with Crippen LogP contribution in [0.3, 0.4) is 0 Å². The van der Waals surface area contributed by atoms with E-state index in [1.165, 1.54) is 0 Å². The highest BCUT2D eigenvalue weighted by Gasteiger charge is 2.17. The summed E-state index contributed by atoms with van der Waals surface area (Å²) >= 11 is 0. The van der Waals surface area contributed by atoms with Crippen molar-refractivity contribution in [2.24, 2.45) is 0 Å². The molecule has 4 nitrogen and oxygen atoms in total. The van der Waals surface area contributed by atoms with Crippen LogP contribution >= 0.6 is 0 Å². The van der Waals surface area contributed by atoms with Crippen LogP contribution in [0.2, 0.25) is 0 Å². The van der Waals surface area contributed by atoms with Crippen molar-refractivity contribution in [3.05, 3.63) is 53.3 Å². The molecule has 0 spiro atoms. The molecule has 0 aliphatic rings. The van der Waals surface area contributed by atoms with Gasteiger partial charge in [-0.1, -0.05) is 30.3 Å². The molecule has 0 bridgehead atoms. The maximum atomic E-state index is 12.4. The molecule has 0 N–H and O–H groups in total. The molecule has 0 unspecified atom stereocenters. The van der Waals surface area contributed by atoms with Crippen molar-refractivity contribution >= 4 is 5.91 Å². The fourth-order valence-corrected chi connectivity index (χ4v) is 2.24. The van der Waals surface area contributed by atoms with Gasteiger partial charge in [-0.15, -0.1) is 0 Å². The first kappa shape index (κ1) is 14.3. The second-order valence-corrected chi connectivity index (χ2v) is 5.36. The third-order valence-corrected chi connectivity index (χ3v) is 3.24. The number of carbonyl (C=O) groups excluding carboxylic acids is 1. The number of amides is 1. The quantitative estimate of drug-likeness (QED) is 0.857. The Morgan fingerprint density at radius 3 is 2.50 bits per heavy atom. The van der Waals surface area contributed by atoms with Gasteiger partial charge in [0.15, 0.2) is 5.69 Å². The zero-order valence-electron chi connectivity index (χ0n) is 12.5. The summed E-state index contributed by atoms with van der Waals surface area (Å²) in [7, 11) is 1.80. The highest BCUT2D eigenvalue weighted by atomic mass is 16.2. The SMILES string of the molecule is Cc1cc(C(=O)N(C)Cc2ccccc2)nn1C(C)C. The minimum atomic E-state index is -0.0450. The van der Waals surface area contributed by atoms with Crippen LogP contribution in [0.25, 0.3) is 0 Å². The lowest BCUT2D eigenvalue weighted by molar-refractivity contribution is 0.0778. The lowest BCUT2D eigenvalue weighted by Gasteiger charge is -2.16. The van der Waals surface area contributed by atoms with E-state index in [1.807, 2.05) is 48.0 Å². The zero-order chi connectivity index (χ0) is 14.7. The molecule has 1 aromatic carbocycles. The van der Waals surface area contributed by atoms with Crippen LogP contribution in [-0.2, 0) is 6.54 Å². The van der Waals surface area contributed by atoms with Crippen molar-refractivity contribution in [1.82, 2.24) is 14.7 Å². The van der Waals surface area contributed by atoms with Crippen LogP contribution in [0.15, 0.2) is 36.4 Å². The number of benzene rings is 1. The predicted octanol–water partition coefficient (Wildman–Crippen LogP) is 3.04. The first-order valence-corrected chi connectivity index (χ1v) is 6.84. The van der Waals surface area contributed by atoms with E-state index in [9.17, 15) is 4.79 Å². The molecule has 0 atom stereocenters. The van der Waals surface area contributed by atoms with Gasteiger partial charge in [0, 0.05) is 25.3 Å². The van der Waals surface area contributed by atoms with E-state index in [2.05, 4.69) is 18.9 Å². The van der Waals surface area contributed by atoms with Crippen LogP contribution in [-0.4, -0.2) is 27.6 Å². The molecule has 4 heteroatoms. The van der Waals surface area contributed by atoms with Crippen LogP contribution in [0, 0.1) is 6.92 Å². The number of carbonyl (C=O) groups is 1. The Morgan fingerprint density at radius 1 is 1.30 bits per heavy atom. The number of aromatic nitrogens is 2. The lowest BCUT2D eigenvalue weighted by atomic mass is 10.2. The molecular formula is C16H21N3O. The normalized spacial score (nSPS) is 10.8. The summed E-state index contributed by atoms with van der Waals surface area (Å²) in [4.78, 5) is 14.1. The molecule has 1 aromatic heterocycles. The first-order chi connectivity index (χ1) is 9.49. The van der Waals surface area contributed by atoms with E-state index in [0.717, 1.165) is 11.3 Å². The minimum absolute atomic E-state index is 0.0450. The smallest absolute Gasteiger partial charge is 0.274 e. The fraction of sp³-hybridized carbons (Fsp3) is 0.375. The summed E-state index contributed by atoms with van der Waals surface area (Å²) in [5.41, 5.74) is 2.63. The molecule has 0 radical (unpaired) electrons. The maximum Gasteiger partial charge on any atom is 0.274 e. The summed E-state index contributed by atoms with van der Waals surface area (Å²) < 4.78 is 1.88. The van der Waals surface area contributed by atoms with Gasteiger partial charge in [-0.05, 0) is 32.4 Å².